The fraction of sp³-hybridized carbons (Fsp3) is 0.292. The van der Waals surface area contributed by atoms with Crippen LogP contribution in [0.1, 0.15) is 42.6 Å². The monoisotopic (exact) mass is 462 g/mol. The molecule has 176 valence electrons. The van der Waals surface area contributed by atoms with Crippen molar-refractivity contribution < 1.29 is 18.8 Å². The second kappa shape index (κ2) is 9.34. The molecule has 4 rings (SSSR count). The van der Waals surface area contributed by atoms with Gasteiger partial charge in [0.15, 0.2) is 17.3 Å². The first-order valence-electron chi connectivity index (χ1n) is 10.6. The van der Waals surface area contributed by atoms with E-state index in [1.807, 2.05) is 32.9 Å². The van der Waals surface area contributed by atoms with Gasteiger partial charge in [-0.2, -0.15) is 4.98 Å². The van der Waals surface area contributed by atoms with E-state index in [2.05, 4.69) is 25.4 Å². The van der Waals surface area contributed by atoms with Gasteiger partial charge in [0.25, 0.3) is 11.8 Å². The first kappa shape index (κ1) is 23.0. The number of carbonyl (C=O) groups excluding carboxylic acids is 1. The van der Waals surface area contributed by atoms with Gasteiger partial charge in [0.05, 0.1) is 14.2 Å². The maximum atomic E-state index is 12.6. The zero-order chi connectivity index (χ0) is 24.3. The average Bonchev–Trinajstić information content (AvgIpc) is 3.53. The molecule has 0 saturated heterocycles. The molecular weight excluding hydrogens is 436 g/mol. The predicted molar refractivity (Wildman–Crippen MR) is 124 cm³/mol. The molecule has 3 heterocycles. The van der Waals surface area contributed by atoms with Crippen molar-refractivity contribution in [3.63, 3.8) is 0 Å². The van der Waals surface area contributed by atoms with Gasteiger partial charge < -0.3 is 19.3 Å². The molecule has 0 unspecified atom stereocenters. The number of methoxy groups -OCH3 is 2. The van der Waals surface area contributed by atoms with Crippen LogP contribution in [0.3, 0.4) is 0 Å². The Bertz CT molecular complexity index is 1300. The molecule has 1 aromatic carbocycles. The van der Waals surface area contributed by atoms with Gasteiger partial charge in [-0.15, -0.1) is 0 Å². The van der Waals surface area contributed by atoms with E-state index in [1.54, 1.807) is 49.4 Å². The normalized spacial score (nSPS) is 11.3. The van der Waals surface area contributed by atoms with Crippen LogP contribution < -0.4 is 14.8 Å². The lowest BCUT2D eigenvalue weighted by Crippen LogP contribution is -2.23. The molecule has 0 saturated carbocycles. The summed E-state index contributed by atoms with van der Waals surface area (Å²) < 4.78 is 17.6. The van der Waals surface area contributed by atoms with E-state index in [0.717, 1.165) is 11.1 Å². The Kier molecular flexibility index (Phi) is 6.31. The number of amides is 1. The Labute approximate surface area is 197 Å². The summed E-state index contributed by atoms with van der Waals surface area (Å²) in [4.78, 5) is 25.7. The fourth-order valence-electron chi connectivity index (χ4n) is 3.17. The summed E-state index contributed by atoms with van der Waals surface area (Å²) in [5.41, 5.74) is 1.64. The molecule has 1 amide bonds. The summed E-state index contributed by atoms with van der Waals surface area (Å²) in [5, 5.41) is 6.92. The topological polar surface area (TPSA) is 117 Å². The van der Waals surface area contributed by atoms with Gasteiger partial charge in [0, 0.05) is 29.9 Å². The van der Waals surface area contributed by atoms with E-state index in [0.29, 0.717) is 35.6 Å². The molecule has 0 fully saturated rings. The lowest BCUT2D eigenvalue weighted by Gasteiger charge is -2.10. The van der Waals surface area contributed by atoms with Crippen molar-refractivity contribution in [3.05, 3.63) is 66.1 Å². The molecule has 0 radical (unpaired) electrons. The third kappa shape index (κ3) is 4.90. The van der Waals surface area contributed by atoms with Crippen LogP contribution in [0.2, 0.25) is 0 Å². The van der Waals surface area contributed by atoms with Crippen LogP contribution >= 0.6 is 0 Å². The zero-order valence-electron chi connectivity index (χ0n) is 19.7. The van der Waals surface area contributed by atoms with Crippen molar-refractivity contribution in [3.8, 4) is 28.8 Å². The summed E-state index contributed by atoms with van der Waals surface area (Å²) in [6.07, 6.45) is 4.79. The Morgan fingerprint density at radius 2 is 1.88 bits per heavy atom. The van der Waals surface area contributed by atoms with E-state index in [4.69, 9.17) is 14.0 Å². The molecule has 4 aromatic rings. The number of imidazole rings is 1. The number of nitrogens with one attached hydrogen (secondary N) is 1. The number of pyridine rings is 1. The molecule has 1 N–H and O–H groups in total. The van der Waals surface area contributed by atoms with Gasteiger partial charge in [0.1, 0.15) is 17.8 Å². The molecule has 0 spiro atoms. The number of aromatic nitrogens is 5. The van der Waals surface area contributed by atoms with Crippen molar-refractivity contribution in [2.75, 3.05) is 14.2 Å². The summed E-state index contributed by atoms with van der Waals surface area (Å²) in [6, 6.07) is 9.06. The van der Waals surface area contributed by atoms with Gasteiger partial charge in [-0.05, 0) is 29.8 Å². The molecule has 10 heteroatoms. The van der Waals surface area contributed by atoms with Gasteiger partial charge in [-0.3, -0.25) is 9.36 Å². The third-order valence-electron chi connectivity index (χ3n) is 5.07. The van der Waals surface area contributed by atoms with Gasteiger partial charge >= 0.3 is 0 Å². The molecule has 0 atom stereocenters. The van der Waals surface area contributed by atoms with Crippen molar-refractivity contribution in [1.29, 1.82) is 0 Å². The SMILES string of the molecule is COc1ccc(CNC(=O)c2cn(-c3cc(-c4nc(C(C)(C)C)no4)ccn3)cn2)cc1OC. The fourth-order valence-corrected chi connectivity index (χ4v) is 3.17. The van der Waals surface area contributed by atoms with Crippen LogP contribution in [0.15, 0.2) is 53.6 Å². The molecular formula is C24H26N6O4. The lowest BCUT2D eigenvalue weighted by atomic mass is 9.96. The van der Waals surface area contributed by atoms with Crippen molar-refractivity contribution in [2.24, 2.45) is 0 Å². The zero-order valence-corrected chi connectivity index (χ0v) is 19.7. The van der Waals surface area contributed by atoms with E-state index in [9.17, 15) is 4.79 Å². The molecule has 0 aliphatic rings. The van der Waals surface area contributed by atoms with Crippen molar-refractivity contribution >= 4 is 5.91 Å². The highest BCUT2D eigenvalue weighted by Crippen LogP contribution is 2.27. The maximum Gasteiger partial charge on any atom is 0.271 e. The highest BCUT2D eigenvalue weighted by Gasteiger charge is 2.22. The number of carbonyl (C=O) groups is 1. The first-order chi connectivity index (χ1) is 16.3. The van der Waals surface area contributed by atoms with Gasteiger partial charge in [-0.25, -0.2) is 9.97 Å². The second-order valence-corrected chi connectivity index (χ2v) is 8.61. The maximum absolute atomic E-state index is 12.6. The van der Waals surface area contributed by atoms with Gasteiger partial charge in [-0.1, -0.05) is 32.0 Å². The van der Waals surface area contributed by atoms with Crippen molar-refractivity contribution in [1.82, 2.24) is 30.0 Å². The molecule has 0 bridgehead atoms. The van der Waals surface area contributed by atoms with Crippen LogP contribution in [-0.4, -0.2) is 44.8 Å². The Morgan fingerprint density at radius 3 is 2.59 bits per heavy atom. The summed E-state index contributed by atoms with van der Waals surface area (Å²) in [5.74, 6) is 2.51. The number of benzene rings is 1. The minimum atomic E-state index is -0.309. The third-order valence-corrected chi connectivity index (χ3v) is 5.07. The van der Waals surface area contributed by atoms with Crippen LogP contribution in [0.4, 0.5) is 0 Å². The Hall–Kier alpha value is -4.21. The first-order valence-corrected chi connectivity index (χ1v) is 10.6. The summed E-state index contributed by atoms with van der Waals surface area (Å²) in [7, 11) is 3.14. The minimum Gasteiger partial charge on any atom is -0.493 e. The van der Waals surface area contributed by atoms with Crippen LogP contribution in [-0.2, 0) is 12.0 Å². The predicted octanol–water partition coefficient (Wildman–Crippen LogP) is 3.56. The van der Waals surface area contributed by atoms with E-state index < -0.39 is 0 Å². The van der Waals surface area contributed by atoms with Crippen LogP contribution in [0.25, 0.3) is 17.3 Å². The molecule has 34 heavy (non-hydrogen) atoms. The Morgan fingerprint density at radius 1 is 1.09 bits per heavy atom. The number of rotatable bonds is 7. The molecule has 0 aliphatic carbocycles. The smallest absolute Gasteiger partial charge is 0.271 e. The highest BCUT2D eigenvalue weighted by molar-refractivity contribution is 5.92. The quantitative estimate of drug-likeness (QED) is 0.443. The molecule has 3 aromatic heterocycles. The lowest BCUT2D eigenvalue weighted by molar-refractivity contribution is 0.0946. The van der Waals surface area contributed by atoms with E-state index in [-0.39, 0.29) is 17.0 Å². The molecule has 0 aliphatic heterocycles. The average molecular weight is 463 g/mol. The highest BCUT2D eigenvalue weighted by atomic mass is 16.5. The molecule has 10 nitrogen and oxygen atoms in total. The van der Waals surface area contributed by atoms with Crippen LogP contribution in [0, 0.1) is 0 Å². The second-order valence-electron chi connectivity index (χ2n) is 8.61. The Balaban J connectivity index is 1.46. The number of hydrogen-bond acceptors (Lipinski definition) is 8. The van der Waals surface area contributed by atoms with Gasteiger partial charge in [0.2, 0.25) is 0 Å². The number of hydrogen-bond donors (Lipinski definition) is 1. The van der Waals surface area contributed by atoms with E-state index >= 15 is 0 Å². The summed E-state index contributed by atoms with van der Waals surface area (Å²) >= 11 is 0. The van der Waals surface area contributed by atoms with Crippen molar-refractivity contribution in [2.45, 2.75) is 32.7 Å². The van der Waals surface area contributed by atoms with Crippen LogP contribution in [0.5, 0.6) is 11.5 Å². The minimum absolute atomic E-state index is 0.221. The van der Waals surface area contributed by atoms with E-state index in [1.165, 1.54) is 6.33 Å². The number of nitrogens with zero attached hydrogens (tertiary/aromatic N) is 5. The standard InChI is InChI=1S/C24H26N6O4/c1-24(2,3)23-28-22(34-29-23)16-8-9-25-20(11-16)30-13-17(27-14-30)21(31)26-12-15-6-7-18(32-4)19(10-15)33-5/h6-11,13-14H,12H2,1-5H3,(H,26,31). The largest absolute Gasteiger partial charge is 0.493 e. The summed E-state index contributed by atoms with van der Waals surface area (Å²) in [6.45, 7) is 6.36. The number of ether oxygens (including phenoxy) is 2.